The van der Waals surface area contributed by atoms with Crippen molar-refractivity contribution in [2.75, 3.05) is 19.3 Å². The van der Waals surface area contributed by atoms with Crippen molar-refractivity contribution in [2.24, 2.45) is 0 Å². The Morgan fingerprint density at radius 2 is 1.96 bits per heavy atom. The van der Waals surface area contributed by atoms with Crippen molar-refractivity contribution in [3.63, 3.8) is 0 Å². The predicted octanol–water partition coefficient (Wildman–Crippen LogP) is 1.89. The number of amides is 1. The molecule has 7 heteroatoms. The molecule has 0 unspecified atom stereocenters. The molecule has 0 saturated heterocycles. The molecule has 0 saturated carbocycles. The molecule has 0 fully saturated rings. The molecule has 2 rings (SSSR count). The summed E-state index contributed by atoms with van der Waals surface area (Å²) in [5.41, 5.74) is 3.54. The fraction of sp³-hybridized carbons (Fsp3) is 0.333. The van der Waals surface area contributed by atoms with Crippen LogP contribution >= 0.6 is 0 Å². The van der Waals surface area contributed by atoms with Gasteiger partial charge in [0, 0.05) is 37.6 Å². The van der Waals surface area contributed by atoms with Gasteiger partial charge in [-0.2, -0.15) is 4.31 Å². The average molecular weight is 361 g/mol. The van der Waals surface area contributed by atoms with Crippen molar-refractivity contribution >= 4 is 15.9 Å². The number of nitrogens with one attached hydrogen (secondary N) is 1. The van der Waals surface area contributed by atoms with Gasteiger partial charge in [0.1, 0.15) is 0 Å². The van der Waals surface area contributed by atoms with Crippen molar-refractivity contribution < 1.29 is 13.2 Å². The normalized spacial score (nSPS) is 11.5. The molecule has 0 aliphatic carbocycles. The first-order chi connectivity index (χ1) is 11.8. The van der Waals surface area contributed by atoms with Gasteiger partial charge in [-0.15, -0.1) is 0 Å². The molecular weight excluding hydrogens is 338 g/mol. The van der Waals surface area contributed by atoms with E-state index in [4.69, 9.17) is 0 Å². The first-order valence-electron chi connectivity index (χ1n) is 7.97. The Morgan fingerprint density at radius 3 is 2.56 bits per heavy atom. The van der Waals surface area contributed by atoms with Crippen LogP contribution in [0.1, 0.15) is 27.0 Å². The molecule has 6 nitrogen and oxygen atoms in total. The van der Waals surface area contributed by atoms with E-state index in [2.05, 4.69) is 10.3 Å². The third-order valence-electron chi connectivity index (χ3n) is 3.97. The number of carbonyl (C=O) groups excluding carboxylic acids is 1. The Kier molecular flexibility index (Phi) is 6.27. The molecule has 0 aliphatic rings. The lowest BCUT2D eigenvalue weighted by atomic mass is 10.1. The number of sulfonamides is 1. The van der Waals surface area contributed by atoms with Gasteiger partial charge in [0.15, 0.2) is 0 Å². The van der Waals surface area contributed by atoms with E-state index in [1.165, 1.54) is 4.31 Å². The van der Waals surface area contributed by atoms with Gasteiger partial charge in [-0.25, -0.2) is 8.42 Å². The van der Waals surface area contributed by atoms with Gasteiger partial charge in [-0.1, -0.05) is 12.1 Å². The van der Waals surface area contributed by atoms with Crippen molar-refractivity contribution in [2.45, 2.75) is 20.4 Å². The lowest BCUT2D eigenvalue weighted by Crippen LogP contribution is -2.37. The number of hydrogen-bond acceptors (Lipinski definition) is 4. The zero-order valence-corrected chi connectivity index (χ0v) is 15.5. The number of aromatic nitrogens is 1. The van der Waals surface area contributed by atoms with Crippen LogP contribution in [0.5, 0.6) is 0 Å². The van der Waals surface area contributed by atoms with E-state index in [0.29, 0.717) is 5.56 Å². The molecule has 25 heavy (non-hydrogen) atoms. The van der Waals surface area contributed by atoms with Crippen LogP contribution < -0.4 is 5.32 Å². The number of hydrogen-bond donors (Lipinski definition) is 1. The molecule has 1 aromatic carbocycles. The molecule has 0 atom stereocenters. The second-order valence-electron chi connectivity index (χ2n) is 6.01. The molecule has 0 radical (unpaired) electrons. The summed E-state index contributed by atoms with van der Waals surface area (Å²) in [7, 11) is -3.38. The molecule has 1 amide bonds. The fourth-order valence-corrected chi connectivity index (χ4v) is 3.14. The van der Waals surface area contributed by atoms with E-state index in [1.807, 2.05) is 32.0 Å². The maximum absolute atomic E-state index is 12.2. The Labute approximate surface area is 148 Å². The lowest BCUT2D eigenvalue weighted by Gasteiger charge is -2.20. The maximum Gasteiger partial charge on any atom is 0.251 e. The van der Waals surface area contributed by atoms with E-state index >= 15 is 0 Å². The van der Waals surface area contributed by atoms with Crippen molar-refractivity contribution in [1.82, 2.24) is 14.6 Å². The maximum atomic E-state index is 12.2. The van der Waals surface area contributed by atoms with Crippen molar-refractivity contribution in [3.05, 3.63) is 65.0 Å². The molecule has 1 aromatic heterocycles. The fourth-order valence-electron chi connectivity index (χ4n) is 2.34. The van der Waals surface area contributed by atoms with Gasteiger partial charge in [-0.3, -0.25) is 9.78 Å². The topological polar surface area (TPSA) is 79.4 Å². The van der Waals surface area contributed by atoms with Gasteiger partial charge in [0.25, 0.3) is 5.91 Å². The molecule has 134 valence electrons. The van der Waals surface area contributed by atoms with E-state index in [9.17, 15) is 13.2 Å². The van der Waals surface area contributed by atoms with Gasteiger partial charge in [-0.05, 0) is 48.7 Å². The number of nitrogens with zero attached hydrogens (tertiary/aromatic N) is 2. The van der Waals surface area contributed by atoms with Crippen LogP contribution in [0.15, 0.2) is 42.7 Å². The molecule has 0 bridgehead atoms. The second kappa shape index (κ2) is 8.22. The summed E-state index contributed by atoms with van der Waals surface area (Å²) in [5.74, 6) is -0.210. The molecule has 0 spiro atoms. The highest BCUT2D eigenvalue weighted by molar-refractivity contribution is 7.88. The molecule has 1 heterocycles. The van der Waals surface area contributed by atoms with E-state index in [0.717, 1.165) is 22.9 Å². The summed E-state index contributed by atoms with van der Waals surface area (Å²) >= 11 is 0. The molecule has 1 N–H and O–H groups in total. The average Bonchev–Trinajstić information content (AvgIpc) is 2.56. The molecule has 2 aromatic rings. The summed E-state index contributed by atoms with van der Waals surface area (Å²) in [4.78, 5) is 16.2. The second-order valence-corrected chi connectivity index (χ2v) is 8.00. The molecular formula is C18H23N3O3S. The number of benzene rings is 1. The minimum absolute atomic E-state index is 0.199. The lowest BCUT2D eigenvalue weighted by molar-refractivity contribution is 0.0951. The minimum Gasteiger partial charge on any atom is -0.351 e. The van der Waals surface area contributed by atoms with Gasteiger partial charge >= 0.3 is 0 Å². The molecule has 0 aliphatic heterocycles. The summed E-state index contributed by atoms with van der Waals surface area (Å²) in [6.45, 7) is 4.60. The Morgan fingerprint density at radius 1 is 1.20 bits per heavy atom. The Balaban J connectivity index is 1.96. The van der Waals surface area contributed by atoms with Gasteiger partial charge < -0.3 is 5.32 Å². The number of pyridine rings is 1. The zero-order chi connectivity index (χ0) is 18.4. The van der Waals surface area contributed by atoms with Crippen LogP contribution in [0.4, 0.5) is 0 Å². The van der Waals surface area contributed by atoms with Gasteiger partial charge in [0.2, 0.25) is 10.0 Å². The number of aryl methyl sites for hydroxylation is 2. The predicted molar refractivity (Wildman–Crippen MR) is 97.7 cm³/mol. The Bertz CT molecular complexity index is 836. The Hall–Kier alpha value is -2.25. The summed E-state index contributed by atoms with van der Waals surface area (Å²) in [6.07, 6.45) is 4.43. The zero-order valence-electron chi connectivity index (χ0n) is 14.7. The highest BCUT2D eigenvalue weighted by Crippen LogP contribution is 2.10. The van der Waals surface area contributed by atoms with Crippen LogP contribution in [-0.2, 0) is 16.6 Å². The van der Waals surface area contributed by atoms with Crippen LogP contribution in [0.3, 0.4) is 0 Å². The number of rotatable bonds is 7. The van der Waals surface area contributed by atoms with Crippen LogP contribution in [0.2, 0.25) is 0 Å². The SMILES string of the molecule is Cc1ccc(C(=O)NCCN(Cc2cccnc2)S(C)(=O)=O)cc1C. The van der Waals surface area contributed by atoms with Crippen LogP contribution in [0, 0.1) is 13.8 Å². The van der Waals surface area contributed by atoms with Gasteiger partial charge in [0.05, 0.1) is 6.26 Å². The van der Waals surface area contributed by atoms with E-state index < -0.39 is 10.0 Å². The quantitative estimate of drug-likeness (QED) is 0.817. The van der Waals surface area contributed by atoms with Crippen molar-refractivity contribution in [1.29, 1.82) is 0 Å². The third-order valence-corrected chi connectivity index (χ3v) is 5.22. The highest BCUT2D eigenvalue weighted by Gasteiger charge is 2.17. The number of carbonyl (C=O) groups is 1. The van der Waals surface area contributed by atoms with Crippen molar-refractivity contribution in [3.8, 4) is 0 Å². The first-order valence-corrected chi connectivity index (χ1v) is 9.81. The smallest absolute Gasteiger partial charge is 0.251 e. The standard InChI is InChI=1S/C18H23N3O3S/c1-14-6-7-17(11-15(14)2)18(22)20-9-10-21(25(3,23)24)13-16-5-4-8-19-12-16/h4-8,11-12H,9-10,13H2,1-3H3,(H,20,22). The highest BCUT2D eigenvalue weighted by atomic mass is 32.2. The monoisotopic (exact) mass is 361 g/mol. The summed E-state index contributed by atoms with van der Waals surface area (Å²) in [5, 5.41) is 2.77. The first kappa shape index (κ1) is 19.1. The van der Waals surface area contributed by atoms with Crippen LogP contribution in [-0.4, -0.2) is 43.0 Å². The van der Waals surface area contributed by atoms with E-state index in [-0.39, 0.29) is 25.5 Å². The minimum atomic E-state index is -3.38. The largest absolute Gasteiger partial charge is 0.351 e. The third kappa shape index (κ3) is 5.65. The summed E-state index contributed by atoms with van der Waals surface area (Å²) < 4.78 is 25.2. The van der Waals surface area contributed by atoms with Crippen LogP contribution in [0.25, 0.3) is 0 Å². The van der Waals surface area contributed by atoms with E-state index in [1.54, 1.807) is 24.5 Å². The summed E-state index contributed by atoms with van der Waals surface area (Å²) in [6, 6.07) is 9.07.